The number of aryl methyl sites for hydroxylation is 1. The average molecular weight is 316 g/mol. The summed E-state index contributed by atoms with van der Waals surface area (Å²) in [5.74, 6) is 1.30. The third kappa shape index (κ3) is 2.75. The number of nitrogens with one attached hydrogen (secondary N) is 1. The topological polar surface area (TPSA) is 59.9 Å². The second-order valence-electron chi connectivity index (χ2n) is 4.77. The molecule has 1 unspecified atom stereocenters. The van der Waals surface area contributed by atoms with E-state index in [0.29, 0.717) is 12.4 Å². The minimum atomic E-state index is -1.69. The lowest BCUT2D eigenvalue weighted by molar-refractivity contribution is 0.306. The lowest BCUT2D eigenvalue weighted by Crippen LogP contribution is -2.18. The van der Waals surface area contributed by atoms with Crippen LogP contribution in [0.15, 0.2) is 46.9 Å². The van der Waals surface area contributed by atoms with Crippen LogP contribution >= 0.6 is 0 Å². The molecule has 2 aromatic rings. The second kappa shape index (κ2) is 6.29. The van der Waals surface area contributed by atoms with Gasteiger partial charge in [-0.25, -0.2) is 9.69 Å². The molecule has 1 heterocycles. The number of amidine groups is 1. The molecule has 6 heteroatoms. The fourth-order valence-electron chi connectivity index (χ4n) is 2.42. The van der Waals surface area contributed by atoms with Gasteiger partial charge in [-0.15, -0.1) is 4.40 Å². The molecule has 5 nitrogen and oxygen atoms in total. The first-order chi connectivity index (χ1) is 10.7. The van der Waals surface area contributed by atoms with Crippen LogP contribution in [0.2, 0.25) is 0 Å². The van der Waals surface area contributed by atoms with Crippen LogP contribution in [0.25, 0.3) is 11.1 Å². The highest BCUT2D eigenvalue weighted by Gasteiger charge is 2.20. The molecule has 114 valence electrons. The van der Waals surface area contributed by atoms with Crippen molar-refractivity contribution in [2.75, 3.05) is 6.61 Å². The highest BCUT2D eigenvalue weighted by molar-refractivity contribution is 7.79. The monoisotopic (exact) mass is 316 g/mol. The molecule has 1 N–H and O–H groups in total. The van der Waals surface area contributed by atoms with Crippen molar-refractivity contribution in [1.82, 2.24) is 5.48 Å². The Hall–Kier alpha value is -2.18. The number of nitrogens with zero attached hydrogens (tertiary/aromatic N) is 1. The van der Waals surface area contributed by atoms with Gasteiger partial charge < -0.3 is 4.74 Å². The first-order valence-corrected chi connectivity index (χ1v) is 8.00. The minimum Gasteiger partial charge on any atom is -0.493 e. The number of benzene rings is 2. The summed E-state index contributed by atoms with van der Waals surface area (Å²) in [7, 11) is 0. The van der Waals surface area contributed by atoms with Gasteiger partial charge in [0.15, 0.2) is 5.84 Å². The number of hydroxylamine groups is 1. The Labute approximate surface area is 131 Å². The summed E-state index contributed by atoms with van der Waals surface area (Å²) in [4.78, 5) is 0. The molecule has 1 aliphatic rings. The Morgan fingerprint density at radius 2 is 1.86 bits per heavy atom. The number of ether oxygens (including phenoxy) is 1. The van der Waals surface area contributed by atoms with E-state index in [0.717, 1.165) is 28.0 Å². The number of para-hydroxylation sites is 1. The third-order valence-corrected chi connectivity index (χ3v) is 3.91. The molecule has 0 amide bonds. The Morgan fingerprint density at radius 3 is 2.55 bits per heavy atom. The first-order valence-electron chi connectivity index (χ1n) is 6.96. The molecular formula is C16H16N2O3S. The van der Waals surface area contributed by atoms with E-state index in [2.05, 4.69) is 9.88 Å². The zero-order chi connectivity index (χ0) is 15.5. The van der Waals surface area contributed by atoms with Gasteiger partial charge in [0.25, 0.3) is 0 Å². The lowest BCUT2D eigenvalue weighted by Gasteiger charge is -2.15. The summed E-state index contributed by atoms with van der Waals surface area (Å²) in [6.07, 6.45) is 0. The van der Waals surface area contributed by atoms with Gasteiger partial charge in [0.1, 0.15) is 5.75 Å². The van der Waals surface area contributed by atoms with Crippen molar-refractivity contribution in [3.05, 3.63) is 53.6 Å². The summed E-state index contributed by atoms with van der Waals surface area (Å²) < 4.78 is 25.9. The van der Waals surface area contributed by atoms with E-state index in [1.54, 1.807) is 0 Å². The van der Waals surface area contributed by atoms with Gasteiger partial charge in [0, 0.05) is 11.1 Å². The molecule has 1 atom stereocenters. The van der Waals surface area contributed by atoms with Gasteiger partial charge in [-0.05, 0) is 25.0 Å². The predicted molar refractivity (Wildman–Crippen MR) is 86.7 cm³/mol. The molecule has 0 fully saturated rings. The number of rotatable bonds is 4. The Morgan fingerprint density at radius 1 is 1.14 bits per heavy atom. The van der Waals surface area contributed by atoms with Crippen molar-refractivity contribution in [2.24, 2.45) is 4.40 Å². The highest BCUT2D eigenvalue weighted by atomic mass is 32.2. The molecule has 0 saturated heterocycles. The van der Waals surface area contributed by atoms with Gasteiger partial charge in [0.2, 0.25) is 0 Å². The minimum absolute atomic E-state index is 0.456. The molecule has 1 aliphatic heterocycles. The van der Waals surface area contributed by atoms with Crippen LogP contribution in [0.5, 0.6) is 5.75 Å². The number of hydrogen-bond donors (Lipinski definition) is 1. The van der Waals surface area contributed by atoms with Gasteiger partial charge in [-0.2, -0.15) is 4.28 Å². The Balaban J connectivity index is 2.16. The van der Waals surface area contributed by atoms with Crippen LogP contribution in [-0.2, 0) is 15.6 Å². The molecule has 2 aromatic carbocycles. The molecular weight excluding hydrogens is 300 g/mol. The van der Waals surface area contributed by atoms with E-state index in [4.69, 9.17) is 9.02 Å². The van der Waals surface area contributed by atoms with Crippen LogP contribution in [0.3, 0.4) is 0 Å². The maximum Gasteiger partial charge on any atom is 0.309 e. The van der Waals surface area contributed by atoms with Crippen LogP contribution in [0, 0.1) is 6.92 Å². The maximum atomic E-state index is 11.3. The second-order valence-corrected chi connectivity index (χ2v) is 5.56. The molecule has 0 aromatic heterocycles. The summed E-state index contributed by atoms with van der Waals surface area (Å²) in [5, 5.41) is 0. The van der Waals surface area contributed by atoms with E-state index in [-0.39, 0.29) is 0 Å². The van der Waals surface area contributed by atoms with Gasteiger partial charge in [-0.1, -0.05) is 42.5 Å². The van der Waals surface area contributed by atoms with Crippen LogP contribution in [0.1, 0.15) is 18.1 Å². The number of hydrogen-bond acceptors (Lipinski definition) is 4. The van der Waals surface area contributed by atoms with Crippen LogP contribution in [0.4, 0.5) is 0 Å². The van der Waals surface area contributed by atoms with Crippen molar-refractivity contribution >= 4 is 17.1 Å². The van der Waals surface area contributed by atoms with Gasteiger partial charge in [0.05, 0.1) is 6.61 Å². The van der Waals surface area contributed by atoms with E-state index < -0.39 is 11.3 Å². The Bertz CT molecular complexity index is 759. The molecule has 0 spiro atoms. The fourth-order valence-corrected chi connectivity index (χ4v) is 2.89. The summed E-state index contributed by atoms with van der Waals surface area (Å²) in [6.45, 7) is 4.56. The Kier molecular flexibility index (Phi) is 4.22. The molecule has 22 heavy (non-hydrogen) atoms. The molecule has 0 radical (unpaired) electrons. The largest absolute Gasteiger partial charge is 0.493 e. The standard InChI is InChI=1S/C16H16N2O3S/c1-3-20-15-11(2)7-6-10-13(15)12-8-4-5-9-14(12)16-17-21-22(19)18-16/h4-10H,3H2,1-2H3,(H,17,18). The van der Waals surface area contributed by atoms with Crippen molar-refractivity contribution in [3.63, 3.8) is 0 Å². The van der Waals surface area contributed by atoms with Crippen molar-refractivity contribution in [3.8, 4) is 16.9 Å². The van der Waals surface area contributed by atoms with Crippen LogP contribution < -0.4 is 10.2 Å². The average Bonchev–Trinajstić information content (AvgIpc) is 2.96. The van der Waals surface area contributed by atoms with Crippen molar-refractivity contribution in [1.29, 1.82) is 0 Å². The van der Waals surface area contributed by atoms with Gasteiger partial charge in [-0.3, -0.25) is 0 Å². The first kappa shape index (κ1) is 14.7. The summed E-state index contributed by atoms with van der Waals surface area (Å²) in [5.41, 5.74) is 6.41. The summed E-state index contributed by atoms with van der Waals surface area (Å²) >= 11 is -1.69. The van der Waals surface area contributed by atoms with E-state index in [1.165, 1.54) is 0 Å². The van der Waals surface area contributed by atoms with Gasteiger partial charge >= 0.3 is 11.3 Å². The molecule has 3 rings (SSSR count). The van der Waals surface area contributed by atoms with E-state index >= 15 is 0 Å². The normalized spacial score (nSPS) is 17.0. The van der Waals surface area contributed by atoms with E-state index in [9.17, 15) is 4.21 Å². The maximum absolute atomic E-state index is 11.3. The predicted octanol–water partition coefficient (Wildman–Crippen LogP) is 2.92. The van der Waals surface area contributed by atoms with Crippen LogP contribution in [-0.4, -0.2) is 16.7 Å². The quantitative estimate of drug-likeness (QED) is 0.942. The van der Waals surface area contributed by atoms with Crippen molar-refractivity contribution in [2.45, 2.75) is 13.8 Å². The molecule has 0 aliphatic carbocycles. The molecule has 0 bridgehead atoms. The zero-order valence-electron chi connectivity index (χ0n) is 12.3. The summed E-state index contributed by atoms with van der Waals surface area (Å²) in [6, 6.07) is 13.8. The van der Waals surface area contributed by atoms with Crippen molar-refractivity contribution < 1.29 is 13.2 Å². The SMILES string of the molecule is CCOc1c(C)cccc1-c1ccccc1C1=NS(=O)ON1. The third-order valence-electron chi connectivity index (χ3n) is 3.35. The van der Waals surface area contributed by atoms with E-state index in [1.807, 2.05) is 56.3 Å². The highest BCUT2D eigenvalue weighted by Crippen LogP contribution is 2.35. The lowest BCUT2D eigenvalue weighted by atomic mass is 9.96. The zero-order valence-corrected chi connectivity index (χ0v) is 13.1. The smallest absolute Gasteiger partial charge is 0.309 e. The fraction of sp³-hybridized carbons (Fsp3) is 0.188. The molecule has 0 saturated carbocycles.